The van der Waals surface area contributed by atoms with Crippen LogP contribution in [0.1, 0.15) is 29.2 Å². The smallest absolute Gasteiger partial charge is 0.416 e. The van der Waals surface area contributed by atoms with Gasteiger partial charge in [-0.15, -0.1) is 0 Å². The van der Waals surface area contributed by atoms with Crippen molar-refractivity contribution in [2.75, 3.05) is 0 Å². The Labute approximate surface area is 177 Å². The van der Waals surface area contributed by atoms with E-state index in [0.717, 1.165) is 23.3 Å². The summed E-state index contributed by atoms with van der Waals surface area (Å²) in [6.07, 6.45) is -5.54. The normalized spacial score (nSPS) is 16.3. The fourth-order valence-electron chi connectivity index (χ4n) is 4.17. The Kier molecular flexibility index (Phi) is 5.11. The third-order valence-electron chi connectivity index (χ3n) is 5.65. The topological polar surface area (TPSA) is 72.5 Å². The highest BCUT2D eigenvalue weighted by atomic mass is 19.4. The largest absolute Gasteiger partial charge is 0.480 e. The molecule has 0 spiro atoms. The lowest BCUT2D eigenvalue weighted by Crippen LogP contribution is -2.46. The van der Waals surface area contributed by atoms with Crippen molar-refractivity contribution >= 4 is 5.97 Å². The first-order valence-electron chi connectivity index (χ1n) is 9.69. The average Bonchev–Trinajstić information content (AvgIpc) is 3.04. The van der Waals surface area contributed by atoms with Gasteiger partial charge in [0.1, 0.15) is 11.6 Å². The maximum Gasteiger partial charge on any atom is 0.416 e. The van der Waals surface area contributed by atoms with E-state index in [2.05, 4.69) is 0 Å². The molecular formula is C24H20F3NO3. The third kappa shape index (κ3) is 3.40. The molecule has 160 valence electrons. The van der Waals surface area contributed by atoms with E-state index >= 15 is 0 Å². The first-order chi connectivity index (χ1) is 14.7. The standard InChI is InChI=1S/C24H20F3NO3/c1-14(21(28)22(29)30)31-23(15-7-6-8-16(13-15)24(25,26)27)19-11-4-2-9-17(19)18-10-3-5-12-20(18)23/h2-14,21H,28H2,1H3,(H,29,30)/t14?,21-/m0/s1. The van der Waals surface area contributed by atoms with E-state index in [9.17, 15) is 23.1 Å². The number of halogens is 3. The minimum absolute atomic E-state index is 0.254. The summed E-state index contributed by atoms with van der Waals surface area (Å²) in [7, 11) is 0. The van der Waals surface area contributed by atoms with Crippen LogP contribution in [0.4, 0.5) is 13.2 Å². The van der Waals surface area contributed by atoms with Crippen molar-refractivity contribution < 1.29 is 27.8 Å². The molecule has 0 amide bonds. The van der Waals surface area contributed by atoms with Crippen molar-refractivity contribution in [3.8, 4) is 11.1 Å². The van der Waals surface area contributed by atoms with Gasteiger partial charge in [-0.3, -0.25) is 4.79 Å². The Bertz CT molecular complexity index is 1100. The number of benzene rings is 3. The maximum absolute atomic E-state index is 13.5. The predicted octanol–water partition coefficient (Wildman–Crippen LogP) is 4.79. The van der Waals surface area contributed by atoms with Gasteiger partial charge in [0.2, 0.25) is 0 Å². The number of carbonyl (C=O) groups is 1. The van der Waals surface area contributed by atoms with E-state index in [0.29, 0.717) is 11.1 Å². The molecule has 0 bridgehead atoms. The van der Waals surface area contributed by atoms with Gasteiger partial charge in [-0.05, 0) is 35.7 Å². The van der Waals surface area contributed by atoms with Gasteiger partial charge < -0.3 is 15.6 Å². The molecule has 0 saturated carbocycles. The van der Waals surface area contributed by atoms with Gasteiger partial charge in [0.15, 0.2) is 0 Å². The summed E-state index contributed by atoms with van der Waals surface area (Å²) in [5.41, 5.74) is 6.71. The fraction of sp³-hybridized carbons (Fsp3) is 0.208. The first kappa shape index (κ1) is 21.1. The van der Waals surface area contributed by atoms with Crippen LogP contribution in [0.2, 0.25) is 0 Å². The van der Waals surface area contributed by atoms with Crippen molar-refractivity contribution in [2.24, 2.45) is 5.73 Å². The zero-order chi connectivity index (χ0) is 22.4. The minimum atomic E-state index is -4.54. The Morgan fingerprint density at radius 2 is 1.52 bits per heavy atom. The zero-order valence-electron chi connectivity index (χ0n) is 16.6. The lowest BCUT2D eigenvalue weighted by Gasteiger charge is -2.37. The number of nitrogens with two attached hydrogens (primary N) is 1. The van der Waals surface area contributed by atoms with Crippen LogP contribution in [0.5, 0.6) is 0 Å². The number of fused-ring (bicyclic) bond motifs is 3. The van der Waals surface area contributed by atoms with Crippen LogP contribution in [0, 0.1) is 0 Å². The molecule has 7 heteroatoms. The SMILES string of the molecule is CC(OC1(c2cccc(C(F)(F)F)c2)c2ccccc2-c2ccccc21)[C@H](N)C(=O)O. The molecule has 0 heterocycles. The van der Waals surface area contributed by atoms with Crippen molar-refractivity contribution in [1.82, 2.24) is 0 Å². The fourth-order valence-corrected chi connectivity index (χ4v) is 4.17. The van der Waals surface area contributed by atoms with Gasteiger partial charge in [-0.2, -0.15) is 13.2 Å². The molecule has 31 heavy (non-hydrogen) atoms. The highest BCUT2D eigenvalue weighted by Crippen LogP contribution is 2.54. The lowest BCUT2D eigenvalue weighted by atomic mass is 9.82. The highest BCUT2D eigenvalue weighted by molar-refractivity contribution is 5.82. The number of carboxylic acids is 1. The quantitative estimate of drug-likeness (QED) is 0.614. The molecule has 1 unspecified atom stereocenters. The molecule has 4 nitrogen and oxygen atoms in total. The van der Waals surface area contributed by atoms with Gasteiger partial charge in [0.05, 0.1) is 11.7 Å². The molecule has 1 aliphatic rings. The van der Waals surface area contributed by atoms with Crippen LogP contribution >= 0.6 is 0 Å². The Hall–Kier alpha value is -3.16. The van der Waals surface area contributed by atoms with E-state index < -0.39 is 35.5 Å². The lowest BCUT2D eigenvalue weighted by molar-refractivity contribution is -0.144. The number of rotatable bonds is 5. The van der Waals surface area contributed by atoms with E-state index in [1.807, 2.05) is 24.3 Å². The summed E-state index contributed by atoms with van der Waals surface area (Å²) in [4.78, 5) is 11.5. The van der Waals surface area contributed by atoms with Crippen molar-refractivity contribution in [1.29, 1.82) is 0 Å². The Morgan fingerprint density at radius 1 is 0.968 bits per heavy atom. The van der Waals surface area contributed by atoms with Crippen LogP contribution in [0.25, 0.3) is 11.1 Å². The molecule has 3 N–H and O–H groups in total. The summed E-state index contributed by atoms with van der Waals surface area (Å²) >= 11 is 0. The van der Waals surface area contributed by atoms with Crippen molar-refractivity contribution in [2.45, 2.75) is 30.8 Å². The molecule has 0 aromatic heterocycles. The number of aliphatic carboxylic acids is 1. The first-order valence-corrected chi connectivity index (χ1v) is 9.69. The Balaban J connectivity index is 2.01. The van der Waals surface area contributed by atoms with Gasteiger partial charge in [-0.1, -0.05) is 60.7 Å². The van der Waals surface area contributed by atoms with E-state index in [4.69, 9.17) is 10.5 Å². The number of hydrogen-bond acceptors (Lipinski definition) is 3. The van der Waals surface area contributed by atoms with Gasteiger partial charge in [0.25, 0.3) is 0 Å². The van der Waals surface area contributed by atoms with Crippen molar-refractivity contribution in [3.63, 3.8) is 0 Å². The molecule has 0 saturated heterocycles. The minimum Gasteiger partial charge on any atom is -0.480 e. The second-order valence-corrected chi connectivity index (χ2v) is 7.54. The summed E-state index contributed by atoms with van der Waals surface area (Å²) in [5, 5.41) is 9.37. The molecular weight excluding hydrogens is 407 g/mol. The Morgan fingerprint density at radius 3 is 2.03 bits per heavy atom. The average molecular weight is 427 g/mol. The molecule has 3 aromatic carbocycles. The van der Waals surface area contributed by atoms with Crippen LogP contribution in [0.3, 0.4) is 0 Å². The summed E-state index contributed by atoms with van der Waals surface area (Å²) in [5.74, 6) is -1.26. The predicted molar refractivity (Wildman–Crippen MR) is 109 cm³/mol. The van der Waals surface area contributed by atoms with Gasteiger partial charge in [-0.25, -0.2) is 0 Å². The maximum atomic E-state index is 13.5. The van der Waals surface area contributed by atoms with Crippen molar-refractivity contribution in [3.05, 3.63) is 95.1 Å². The number of hydrogen-bond donors (Lipinski definition) is 2. The second kappa shape index (κ2) is 7.51. The van der Waals surface area contributed by atoms with Crippen LogP contribution in [-0.2, 0) is 21.3 Å². The number of carboxylic acid groups (broad SMARTS) is 1. The molecule has 4 rings (SSSR count). The van der Waals surface area contributed by atoms with Gasteiger partial charge in [0, 0.05) is 11.1 Å². The summed E-state index contributed by atoms with van der Waals surface area (Å²) < 4.78 is 46.9. The third-order valence-corrected chi connectivity index (χ3v) is 5.65. The summed E-state index contributed by atoms with van der Waals surface area (Å²) in [6, 6.07) is 18.1. The van der Waals surface area contributed by atoms with Crippen LogP contribution in [0.15, 0.2) is 72.8 Å². The van der Waals surface area contributed by atoms with E-state index in [1.54, 1.807) is 30.3 Å². The zero-order valence-corrected chi connectivity index (χ0v) is 16.6. The van der Waals surface area contributed by atoms with Gasteiger partial charge >= 0.3 is 12.1 Å². The summed E-state index contributed by atoms with van der Waals surface area (Å²) in [6.45, 7) is 1.51. The molecule has 2 atom stereocenters. The number of alkyl halides is 3. The van der Waals surface area contributed by atoms with Crippen LogP contribution < -0.4 is 5.73 Å². The number of ether oxygens (including phenoxy) is 1. The monoisotopic (exact) mass is 427 g/mol. The van der Waals surface area contributed by atoms with E-state index in [-0.39, 0.29) is 5.56 Å². The van der Waals surface area contributed by atoms with Crippen LogP contribution in [-0.4, -0.2) is 23.2 Å². The highest BCUT2D eigenvalue weighted by Gasteiger charge is 2.48. The molecule has 0 radical (unpaired) electrons. The van der Waals surface area contributed by atoms with E-state index in [1.165, 1.54) is 13.0 Å². The molecule has 3 aromatic rings. The molecule has 1 aliphatic carbocycles. The molecule has 0 aliphatic heterocycles. The molecule has 0 fully saturated rings. The second-order valence-electron chi connectivity index (χ2n) is 7.54.